The molecule has 2 atom stereocenters. The van der Waals surface area contributed by atoms with Crippen LogP contribution in [0.4, 0.5) is 4.39 Å². The molecule has 1 aromatic rings. The quantitative estimate of drug-likeness (QED) is 0.769. The first-order chi connectivity index (χ1) is 7.18. The lowest BCUT2D eigenvalue weighted by Gasteiger charge is -2.14. The summed E-state index contributed by atoms with van der Waals surface area (Å²) in [6, 6.07) is 6.16. The first kappa shape index (κ1) is 10.1. The average Bonchev–Trinajstić information content (AvgIpc) is 2.65. The molecule has 4 heteroatoms. The maximum Gasteiger partial charge on any atom is 0.308 e. The van der Waals surface area contributed by atoms with Crippen LogP contribution in [0.25, 0.3) is 0 Å². The molecule has 3 nitrogen and oxygen atoms in total. The van der Waals surface area contributed by atoms with Crippen LogP contribution in [0.2, 0.25) is 0 Å². The minimum absolute atomic E-state index is 0.127. The van der Waals surface area contributed by atoms with Crippen LogP contribution in [-0.4, -0.2) is 24.2 Å². The Morgan fingerprint density at radius 2 is 2.27 bits per heavy atom. The predicted octanol–water partition coefficient (Wildman–Crippen LogP) is 1.21. The van der Waals surface area contributed by atoms with Gasteiger partial charge in [-0.1, -0.05) is 12.1 Å². The van der Waals surface area contributed by atoms with E-state index in [-0.39, 0.29) is 11.7 Å². The molecule has 0 amide bonds. The standard InChI is InChI=1S/C11H12FNO2/c12-8-3-1-2-7(4-8)9-5-13-6-10(9)11(14)15/h1-4,9-10,13H,5-6H2,(H,14,15)/t9-,10-/m0/s1. The van der Waals surface area contributed by atoms with E-state index in [4.69, 9.17) is 5.11 Å². The van der Waals surface area contributed by atoms with Crippen molar-refractivity contribution in [3.8, 4) is 0 Å². The van der Waals surface area contributed by atoms with E-state index in [9.17, 15) is 9.18 Å². The van der Waals surface area contributed by atoms with Gasteiger partial charge in [-0.25, -0.2) is 4.39 Å². The Morgan fingerprint density at radius 1 is 1.47 bits per heavy atom. The van der Waals surface area contributed by atoms with Gasteiger partial charge < -0.3 is 10.4 Å². The number of halogens is 1. The topological polar surface area (TPSA) is 49.3 Å². The van der Waals surface area contributed by atoms with Gasteiger partial charge in [0.2, 0.25) is 0 Å². The number of hydrogen-bond acceptors (Lipinski definition) is 2. The van der Waals surface area contributed by atoms with Crippen LogP contribution in [0, 0.1) is 11.7 Å². The van der Waals surface area contributed by atoms with Crippen LogP contribution in [0.3, 0.4) is 0 Å². The second-order valence-electron chi connectivity index (χ2n) is 3.76. The normalized spacial score (nSPS) is 25.4. The lowest BCUT2D eigenvalue weighted by molar-refractivity contribution is -0.141. The molecule has 80 valence electrons. The van der Waals surface area contributed by atoms with Crippen LogP contribution in [-0.2, 0) is 4.79 Å². The van der Waals surface area contributed by atoms with Gasteiger partial charge in [-0.15, -0.1) is 0 Å². The zero-order chi connectivity index (χ0) is 10.8. The molecule has 1 aliphatic rings. The third kappa shape index (κ3) is 1.99. The predicted molar refractivity (Wildman–Crippen MR) is 53.1 cm³/mol. The Balaban J connectivity index is 2.26. The van der Waals surface area contributed by atoms with E-state index >= 15 is 0 Å². The van der Waals surface area contributed by atoms with Crippen LogP contribution < -0.4 is 5.32 Å². The van der Waals surface area contributed by atoms with Gasteiger partial charge in [0.05, 0.1) is 5.92 Å². The maximum absolute atomic E-state index is 13.0. The molecule has 15 heavy (non-hydrogen) atoms. The van der Waals surface area contributed by atoms with Crippen molar-refractivity contribution in [3.05, 3.63) is 35.6 Å². The number of nitrogens with one attached hydrogen (secondary N) is 1. The van der Waals surface area contributed by atoms with Gasteiger partial charge in [0.1, 0.15) is 5.82 Å². The van der Waals surface area contributed by atoms with Crippen molar-refractivity contribution in [2.24, 2.45) is 5.92 Å². The highest BCUT2D eigenvalue weighted by atomic mass is 19.1. The van der Waals surface area contributed by atoms with E-state index in [0.29, 0.717) is 13.1 Å². The Bertz CT molecular complexity index is 381. The van der Waals surface area contributed by atoms with Gasteiger partial charge in [-0.2, -0.15) is 0 Å². The van der Waals surface area contributed by atoms with Gasteiger partial charge in [0, 0.05) is 19.0 Å². The smallest absolute Gasteiger partial charge is 0.308 e. The molecule has 2 N–H and O–H groups in total. The second-order valence-corrected chi connectivity index (χ2v) is 3.76. The largest absolute Gasteiger partial charge is 0.481 e. The summed E-state index contributed by atoms with van der Waals surface area (Å²) in [4.78, 5) is 10.9. The molecule has 0 spiro atoms. The van der Waals surface area contributed by atoms with E-state index in [1.54, 1.807) is 12.1 Å². The van der Waals surface area contributed by atoms with E-state index in [2.05, 4.69) is 5.32 Å². The van der Waals surface area contributed by atoms with Gasteiger partial charge in [-0.3, -0.25) is 4.79 Å². The van der Waals surface area contributed by atoms with Gasteiger partial charge in [0.15, 0.2) is 0 Å². The molecular formula is C11H12FNO2. The first-order valence-electron chi connectivity index (χ1n) is 4.87. The second kappa shape index (κ2) is 3.98. The third-order valence-electron chi connectivity index (χ3n) is 2.81. The summed E-state index contributed by atoms with van der Waals surface area (Å²) < 4.78 is 13.0. The molecule has 0 saturated carbocycles. The number of carboxylic acid groups (broad SMARTS) is 1. The van der Waals surface area contributed by atoms with E-state index < -0.39 is 11.9 Å². The summed E-state index contributed by atoms with van der Waals surface area (Å²) in [7, 11) is 0. The fourth-order valence-corrected chi connectivity index (χ4v) is 2.03. The third-order valence-corrected chi connectivity index (χ3v) is 2.81. The molecule has 2 rings (SSSR count). The van der Waals surface area contributed by atoms with Crippen LogP contribution in [0.1, 0.15) is 11.5 Å². The number of hydrogen-bond donors (Lipinski definition) is 2. The van der Waals surface area contributed by atoms with E-state index in [1.807, 2.05) is 0 Å². The molecule has 1 fully saturated rings. The van der Waals surface area contributed by atoms with Gasteiger partial charge in [-0.05, 0) is 17.7 Å². The summed E-state index contributed by atoms with van der Waals surface area (Å²) in [5, 5.41) is 12.0. The SMILES string of the molecule is O=C(O)[C@H]1CNC[C@H]1c1cccc(F)c1. The summed E-state index contributed by atoms with van der Waals surface area (Å²) >= 11 is 0. The first-order valence-corrected chi connectivity index (χ1v) is 4.87. The van der Waals surface area contributed by atoms with Crippen LogP contribution in [0.5, 0.6) is 0 Å². The minimum Gasteiger partial charge on any atom is -0.481 e. The van der Waals surface area contributed by atoms with Crippen LogP contribution >= 0.6 is 0 Å². The number of benzene rings is 1. The zero-order valence-corrected chi connectivity index (χ0v) is 8.11. The molecule has 0 unspecified atom stereocenters. The molecule has 1 heterocycles. The minimum atomic E-state index is -0.825. The van der Waals surface area contributed by atoms with Crippen molar-refractivity contribution in [1.29, 1.82) is 0 Å². The Labute approximate surface area is 86.9 Å². The fourth-order valence-electron chi connectivity index (χ4n) is 2.03. The number of aliphatic carboxylic acids is 1. The molecule has 1 aromatic carbocycles. The molecule has 1 saturated heterocycles. The van der Waals surface area contributed by atoms with E-state index in [0.717, 1.165) is 5.56 Å². The van der Waals surface area contributed by atoms with Gasteiger partial charge >= 0.3 is 5.97 Å². The van der Waals surface area contributed by atoms with Crippen molar-refractivity contribution in [2.75, 3.05) is 13.1 Å². The highest BCUT2D eigenvalue weighted by Crippen LogP contribution is 2.28. The van der Waals surface area contributed by atoms with Crippen LogP contribution in [0.15, 0.2) is 24.3 Å². The number of rotatable bonds is 2. The summed E-state index contributed by atoms with van der Waals surface area (Å²) in [6.45, 7) is 1.05. The van der Waals surface area contributed by atoms with E-state index in [1.165, 1.54) is 12.1 Å². The average molecular weight is 209 g/mol. The maximum atomic E-state index is 13.0. The van der Waals surface area contributed by atoms with Crippen molar-refractivity contribution >= 4 is 5.97 Å². The van der Waals surface area contributed by atoms with Crippen molar-refractivity contribution < 1.29 is 14.3 Å². The molecule has 0 aliphatic carbocycles. The lowest BCUT2D eigenvalue weighted by atomic mass is 9.89. The molecule has 0 aromatic heterocycles. The van der Waals surface area contributed by atoms with Crippen molar-refractivity contribution in [3.63, 3.8) is 0 Å². The highest BCUT2D eigenvalue weighted by Gasteiger charge is 2.33. The molecule has 0 radical (unpaired) electrons. The summed E-state index contributed by atoms with van der Waals surface area (Å²) in [6.07, 6.45) is 0. The summed E-state index contributed by atoms with van der Waals surface area (Å²) in [5.41, 5.74) is 0.757. The van der Waals surface area contributed by atoms with Crippen molar-refractivity contribution in [1.82, 2.24) is 5.32 Å². The lowest BCUT2D eigenvalue weighted by Crippen LogP contribution is -2.21. The number of carbonyl (C=O) groups is 1. The Morgan fingerprint density at radius 3 is 2.93 bits per heavy atom. The number of carboxylic acids is 1. The Kier molecular flexibility index (Phi) is 2.68. The zero-order valence-electron chi connectivity index (χ0n) is 8.11. The van der Waals surface area contributed by atoms with Gasteiger partial charge in [0.25, 0.3) is 0 Å². The highest BCUT2D eigenvalue weighted by molar-refractivity contribution is 5.72. The summed E-state index contributed by atoms with van der Waals surface area (Å²) in [5.74, 6) is -1.72. The molecular weight excluding hydrogens is 197 g/mol. The monoisotopic (exact) mass is 209 g/mol. The molecule has 1 aliphatic heterocycles. The fraction of sp³-hybridized carbons (Fsp3) is 0.364. The van der Waals surface area contributed by atoms with Crippen molar-refractivity contribution in [2.45, 2.75) is 5.92 Å². The molecule has 0 bridgehead atoms. The Hall–Kier alpha value is -1.42.